The summed E-state index contributed by atoms with van der Waals surface area (Å²) in [6, 6.07) is 8.62. The minimum atomic E-state index is -1.02. The molecule has 5 nitrogen and oxygen atoms in total. The number of aliphatic carboxylic acids is 1. The highest BCUT2D eigenvalue weighted by Crippen LogP contribution is 2.24. The molecule has 6 heteroatoms. The Balaban J connectivity index is 2.62. The maximum absolute atomic E-state index is 11.7. The molecule has 100 valence electrons. The van der Waals surface area contributed by atoms with Crippen molar-refractivity contribution < 1.29 is 14.7 Å². The first kappa shape index (κ1) is 15.1. The molecular formula is C13H14N2O3S. The number of rotatable bonds is 5. The first-order chi connectivity index (χ1) is 8.86. The molecule has 0 radical (unpaired) electrons. The number of hydrogen-bond acceptors (Lipinski definition) is 4. The number of carboxylic acids is 1. The van der Waals surface area contributed by atoms with Crippen molar-refractivity contribution in [3.63, 3.8) is 0 Å². The molecular weight excluding hydrogens is 264 g/mol. The van der Waals surface area contributed by atoms with Crippen molar-refractivity contribution in [2.24, 2.45) is 0 Å². The molecule has 2 N–H and O–H groups in total. The zero-order valence-corrected chi connectivity index (χ0v) is 11.5. The van der Waals surface area contributed by atoms with E-state index >= 15 is 0 Å². The van der Waals surface area contributed by atoms with Crippen LogP contribution in [0.2, 0.25) is 0 Å². The van der Waals surface area contributed by atoms with Crippen LogP contribution >= 0.6 is 11.8 Å². The van der Waals surface area contributed by atoms with Crippen molar-refractivity contribution in [1.82, 2.24) is 0 Å². The van der Waals surface area contributed by atoms with Crippen molar-refractivity contribution >= 4 is 29.3 Å². The van der Waals surface area contributed by atoms with E-state index in [4.69, 9.17) is 10.4 Å². The minimum absolute atomic E-state index is 0.0130. The van der Waals surface area contributed by atoms with Gasteiger partial charge in [0, 0.05) is 0 Å². The zero-order valence-electron chi connectivity index (χ0n) is 10.6. The third kappa shape index (κ3) is 4.30. The predicted octanol–water partition coefficient (Wildman–Crippen LogP) is 2.09. The van der Waals surface area contributed by atoms with Gasteiger partial charge in [-0.15, -0.1) is 11.8 Å². The molecule has 0 aliphatic carbocycles. The normalized spacial score (nSPS) is 10.6. The Bertz CT molecular complexity index is 535. The van der Waals surface area contributed by atoms with Gasteiger partial charge in [0.1, 0.15) is 10.8 Å². The lowest BCUT2D eigenvalue weighted by atomic mass is 10.2. The second-order valence-corrected chi connectivity index (χ2v) is 5.91. The Morgan fingerprint density at radius 2 is 2.05 bits per heavy atom. The Labute approximate surface area is 115 Å². The van der Waals surface area contributed by atoms with Gasteiger partial charge in [-0.2, -0.15) is 5.26 Å². The Morgan fingerprint density at radius 3 is 2.63 bits per heavy atom. The summed E-state index contributed by atoms with van der Waals surface area (Å²) in [6.45, 7) is 3.08. The first-order valence-corrected chi connectivity index (χ1v) is 6.51. The molecule has 0 spiro atoms. The molecule has 0 fully saturated rings. The van der Waals surface area contributed by atoms with E-state index in [0.717, 1.165) is 11.8 Å². The van der Waals surface area contributed by atoms with Gasteiger partial charge in [0.2, 0.25) is 5.91 Å². The van der Waals surface area contributed by atoms with Crippen LogP contribution in [0.25, 0.3) is 0 Å². The highest BCUT2D eigenvalue weighted by molar-refractivity contribution is 8.02. The lowest BCUT2D eigenvalue weighted by Gasteiger charge is -2.17. The molecule has 1 amide bonds. The molecule has 0 atom stereocenters. The molecule has 0 saturated heterocycles. The number of benzene rings is 1. The van der Waals surface area contributed by atoms with Crippen LogP contribution in [0.5, 0.6) is 0 Å². The summed E-state index contributed by atoms with van der Waals surface area (Å²) >= 11 is 1.03. The summed E-state index contributed by atoms with van der Waals surface area (Å²) in [5.41, 5.74) is 0.807. The number of nitriles is 1. The van der Waals surface area contributed by atoms with Gasteiger partial charge >= 0.3 is 5.97 Å². The van der Waals surface area contributed by atoms with Crippen LogP contribution in [-0.4, -0.2) is 27.5 Å². The van der Waals surface area contributed by atoms with Gasteiger partial charge < -0.3 is 10.4 Å². The highest BCUT2D eigenvalue weighted by atomic mass is 32.2. The largest absolute Gasteiger partial charge is 0.480 e. The summed E-state index contributed by atoms with van der Waals surface area (Å²) < 4.78 is -1.02. The van der Waals surface area contributed by atoms with Gasteiger partial charge in [0.15, 0.2) is 0 Å². The lowest BCUT2D eigenvalue weighted by molar-refractivity contribution is -0.138. The molecule has 0 aromatic heterocycles. The fourth-order valence-electron chi connectivity index (χ4n) is 1.18. The second kappa shape index (κ2) is 6.25. The Kier molecular flexibility index (Phi) is 4.95. The van der Waals surface area contributed by atoms with Gasteiger partial charge in [0.25, 0.3) is 0 Å². The molecule has 1 rings (SSSR count). The molecule has 0 heterocycles. The third-order valence-electron chi connectivity index (χ3n) is 2.40. The number of para-hydroxylation sites is 1. The highest BCUT2D eigenvalue weighted by Gasteiger charge is 2.28. The van der Waals surface area contributed by atoms with E-state index in [-0.39, 0.29) is 11.7 Å². The maximum atomic E-state index is 11.7. The zero-order chi connectivity index (χ0) is 14.5. The summed E-state index contributed by atoms with van der Waals surface area (Å²) in [4.78, 5) is 22.6. The van der Waals surface area contributed by atoms with Crippen LogP contribution in [-0.2, 0) is 9.59 Å². The number of nitrogens with one attached hydrogen (secondary N) is 1. The number of carbonyl (C=O) groups is 2. The van der Waals surface area contributed by atoms with Crippen LogP contribution in [0.15, 0.2) is 24.3 Å². The quantitative estimate of drug-likeness (QED) is 0.860. The number of carbonyl (C=O) groups excluding carboxylic acids is 1. The van der Waals surface area contributed by atoms with Crippen LogP contribution < -0.4 is 5.32 Å². The summed E-state index contributed by atoms with van der Waals surface area (Å²) in [5, 5.41) is 20.4. The molecule has 0 bridgehead atoms. The van der Waals surface area contributed by atoms with Gasteiger partial charge in [-0.1, -0.05) is 12.1 Å². The Hall–Kier alpha value is -2.00. The van der Waals surface area contributed by atoms with Crippen molar-refractivity contribution in [3.8, 4) is 6.07 Å². The van der Waals surface area contributed by atoms with E-state index < -0.39 is 10.7 Å². The molecule has 0 aliphatic rings. The number of carboxylic acid groups (broad SMARTS) is 1. The fraction of sp³-hybridized carbons (Fsp3) is 0.308. The summed E-state index contributed by atoms with van der Waals surface area (Å²) in [7, 11) is 0. The second-order valence-electron chi connectivity index (χ2n) is 4.31. The van der Waals surface area contributed by atoms with Crippen molar-refractivity contribution in [3.05, 3.63) is 29.8 Å². The average molecular weight is 278 g/mol. The van der Waals surface area contributed by atoms with Gasteiger partial charge in [0.05, 0.1) is 17.0 Å². The summed E-state index contributed by atoms with van der Waals surface area (Å²) in [6.07, 6.45) is 0. The number of anilines is 1. The molecule has 0 aliphatic heterocycles. The molecule has 0 saturated carbocycles. The van der Waals surface area contributed by atoms with E-state index in [1.165, 1.54) is 13.8 Å². The van der Waals surface area contributed by atoms with E-state index in [1.807, 2.05) is 6.07 Å². The fourth-order valence-corrected chi connectivity index (χ4v) is 1.87. The minimum Gasteiger partial charge on any atom is -0.480 e. The SMILES string of the molecule is CC(C)(SCC(=O)Nc1ccccc1C#N)C(=O)O. The lowest BCUT2D eigenvalue weighted by Crippen LogP contribution is -2.29. The van der Waals surface area contributed by atoms with E-state index in [0.29, 0.717) is 11.3 Å². The molecule has 0 unspecified atom stereocenters. The van der Waals surface area contributed by atoms with E-state index in [1.54, 1.807) is 24.3 Å². The van der Waals surface area contributed by atoms with Crippen LogP contribution in [0, 0.1) is 11.3 Å². The molecule has 1 aromatic rings. The first-order valence-electron chi connectivity index (χ1n) is 5.53. The van der Waals surface area contributed by atoms with Gasteiger partial charge in [-0.3, -0.25) is 9.59 Å². The predicted molar refractivity (Wildman–Crippen MR) is 74.0 cm³/mol. The van der Waals surface area contributed by atoms with Crippen molar-refractivity contribution in [1.29, 1.82) is 5.26 Å². The van der Waals surface area contributed by atoms with Crippen LogP contribution in [0.3, 0.4) is 0 Å². The average Bonchev–Trinajstić information content (AvgIpc) is 2.37. The number of hydrogen-bond donors (Lipinski definition) is 2. The van der Waals surface area contributed by atoms with Crippen molar-refractivity contribution in [2.45, 2.75) is 18.6 Å². The topological polar surface area (TPSA) is 90.2 Å². The van der Waals surface area contributed by atoms with Gasteiger partial charge in [-0.25, -0.2) is 0 Å². The number of nitrogens with zero attached hydrogens (tertiary/aromatic N) is 1. The van der Waals surface area contributed by atoms with Crippen LogP contribution in [0.1, 0.15) is 19.4 Å². The number of amides is 1. The number of thioether (sulfide) groups is 1. The standard InChI is InChI=1S/C13H14N2O3S/c1-13(2,12(17)18)19-8-11(16)15-10-6-4-3-5-9(10)7-14/h3-6H,8H2,1-2H3,(H,15,16)(H,17,18). The monoisotopic (exact) mass is 278 g/mol. The van der Waals surface area contributed by atoms with Crippen molar-refractivity contribution in [2.75, 3.05) is 11.1 Å². The van der Waals surface area contributed by atoms with Crippen LogP contribution in [0.4, 0.5) is 5.69 Å². The van der Waals surface area contributed by atoms with E-state index in [2.05, 4.69) is 5.32 Å². The molecule has 19 heavy (non-hydrogen) atoms. The maximum Gasteiger partial charge on any atom is 0.319 e. The van der Waals surface area contributed by atoms with Gasteiger partial charge in [-0.05, 0) is 26.0 Å². The third-order valence-corrected chi connectivity index (χ3v) is 3.70. The summed E-state index contributed by atoms with van der Waals surface area (Å²) in [5.74, 6) is -1.29. The smallest absolute Gasteiger partial charge is 0.319 e. The van der Waals surface area contributed by atoms with E-state index in [9.17, 15) is 9.59 Å². The molecule has 1 aromatic carbocycles. The Morgan fingerprint density at radius 1 is 1.42 bits per heavy atom.